The molecule has 0 aliphatic heterocycles. The molecule has 3 fully saturated rings. The summed E-state index contributed by atoms with van der Waals surface area (Å²) in [6, 6.07) is 0.856. The Morgan fingerprint density at radius 1 is 1.11 bits per heavy atom. The van der Waals surface area contributed by atoms with Crippen LogP contribution >= 0.6 is 0 Å². The topological polar surface area (TPSA) is 15.3 Å². The van der Waals surface area contributed by atoms with Crippen LogP contribution in [0.1, 0.15) is 58.3 Å². The number of nitrogens with zero attached hydrogens (tertiary/aromatic N) is 1. The van der Waals surface area contributed by atoms with E-state index >= 15 is 0 Å². The molecule has 19 heavy (non-hydrogen) atoms. The Morgan fingerprint density at radius 3 is 2.21 bits per heavy atom. The van der Waals surface area contributed by atoms with Crippen LogP contribution in [0.3, 0.4) is 0 Å². The normalized spacial score (nSPS) is 36.2. The van der Waals surface area contributed by atoms with Crippen LogP contribution in [-0.2, 0) is 0 Å². The highest BCUT2D eigenvalue weighted by Gasteiger charge is 2.43. The lowest BCUT2D eigenvalue weighted by Crippen LogP contribution is -2.56. The largest absolute Gasteiger partial charge is 0.312 e. The molecule has 3 aliphatic rings. The van der Waals surface area contributed by atoms with Gasteiger partial charge in [-0.25, -0.2) is 0 Å². The van der Waals surface area contributed by atoms with E-state index < -0.39 is 0 Å². The second-order valence-electron chi connectivity index (χ2n) is 7.90. The van der Waals surface area contributed by atoms with Crippen LogP contribution in [-0.4, -0.2) is 37.1 Å². The van der Waals surface area contributed by atoms with Gasteiger partial charge < -0.3 is 10.2 Å². The molecule has 0 bridgehead atoms. The third-order valence-electron chi connectivity index (χ3n) is 5.94. The Kier molecular flexibility index (Phi) is 3.92. The molecule has 0 heterocycles. The van der Waals surface area contributed by atoms with Gasteiger partial charge in [-0.1, -0.05) is 19.8 Å². The van der Waals surface area contributed by atoms with Gasteiger partial charge in [0.15, 0.2) is 0 Å². The van der Waals surface area contributed by atoms with Gasteiger partial charge in [-0.15, -0.1) is 0 Å². The fraction of sp³-hybridized carbons (Fsp3) is 1.00. The van der Waals surface area contributed by atoms with Gasteiger partial charge in [-0.3, -0.25) is 0 Å². The lowest BCUT2D eigenvalue weighted by Gasteiger charge is -2.46. The fourth-order valence-electron chi connectivity index (χ4n) is 4.29. The standard InChI is InChI=1S/C17H32N2/c1-13-5-4-10-17(11-13,19(2)3)12-18-16(14-6-7-14)15-8-9-15/h13-16,18H,4-12H2,1-3H3. The van der Waals surface area contributed by atoms with Crippen LogP contribution in [0.15, 0.2) is 0 Å². The predicted molar refractivity (Wildman–Crippen MR) is 81.3 cm³/mol. The summed E-state index contributed by atoms with van der Waals surface area (Å²) in [4.78, 5) is 2.52. The average molecular weight is 264 g/mol. The Morgan fingerprint density at radius 2 is 1.74 bits per heavy atom. The summed E-state index contributed by atoms with van der Waals surface area (Å²) in [6.45, 7) is 3.67. The molecule has 2 unspecified atom stereocenters. The summed E-state index contributed by atoms with van der Waals surface area (Å²) in [6.07, 6.45) is 11.6. The van der Waals surface area contributed by atoms with Crippen molar-refractivity contribution in [2.24, 2.45) is 17.8 Å². The molecule has 0 saturated heterocycles. The van der Waals surface area contributed by atoms with E-state index in [2.05, 4.69) is 31.2 Å². The van der Waals surface area contributed by atoms with Gasteiger partial charge in [0, 0.05) is 18.1 Å². The smallest absolute Gasteiger partial charge is 0.0330 e. The molecule has 0 aromatic rings. The summed E-state index contributed by atoms with van der Waals surface area (Å²) in [7, 11) is 4.59. The van der Waals surface area contributed by atoms with Crippen LogP contribution in [0.2, 0.25) is 0 Å². The van der Waals surface area contributed by atoms with Crippen molar-refractivity contribution >= 4 is 0 Å². The molecule has 0 amide bonds. The zero-order valence-corrected chi connectivity index (χ0v) is 13.1. The predicted octanol–water partition coefficient (Wildman–Crippen LogP) is 3.28. The number of likely N-dealkylation sites (N-methyl/N-ethyl adjacent to an activating group) is 1. The molecule has 0 spiro atoms. The quantitative estimate of drug-likeness (QED) is 0.792. The maximum atomic E-state index is 4.01. The molecule has 2 atom stereocenters. The van der Waals surface area contributed by atoms with Gasteiger partial charge in [0.05, 0.1) is 0 Å². The number of hydrogen-bond acceptors (Lipinski definition) is 2. The van der Waals surface area contributed by atoms with Crippen molar-refractivity contribution in [3.05, 3.63) is 0 Å². The molecule has 110 valence electrons. The van der Waals surface area contributed by atoms with Crippen LogP contribution in [0.4, 0.5) is 0 Å². The first kappa shape index (κ1) is 13.9. The molecule has 0 aromatic carbocycles. The molecule has 0 radical (unpaired) electrons. The van der Waals surface area contributed by atoms with Gasteiger partial charge in [-0.2, -0.15) is 0 Å². The molecule has 2 heteroatoms. The number of hydrogen-bond donors (Lipinski definition) is 1. The number of rotatable bonds is 6. The molecule has 3 saturated carbocycles. The van der Waals surface area contributed by atoms with Gasteiger partial charge in [0.1, 0.15) is 0 Å². The SMILES string of the molecule is CC1CCCC(CNC(C2CC2)C2CC2)(N(C)C)C1. The van der Waals surface area contributed by atoms with Gasteiger partial charge in [0.2, 0.25) is 0 Å². The van der Waals surface area contributed by atoms with Crippen molar-refractivity contribution in [1.29, 1.82) is 0 Å². The van der Waals surface area contributed by atoms with Crippen LogP contribution in [0, 0.1) is 17.8 Å². The monoisotopic (exact) mass is 264 g/mol. The van der Waals surface area contributed by atoms with E-state index in [-0.39, 0.29) is 0 Å². The Bertz CT molecular complexity index is 294. The van der Waals surface area contributed by atoms with Gasteiger partial charge >= 0.3 is 0 Å². The molecular formula is C17H32N2. The second-order valence-corrected chi connectivity index (χ2v) is 7.90. The van der Waals surface area contributed by atoms with Crippen LogP contribution in [0.5, 0.6) is 0 Å². The number of nitrogens with one attached hydrogen (secondary N) is 1. The Hall–Kier alpha value is -0.0800. The first-order valence-electron chi connectivity index (χ1n) is 8.51. The first-order chi connectivity index (χ1) is 9.11. The van der Waals surface area contributed by atoms with E-state index in [1.54, 1.807) is 0 Å². The third-order valence-corrected chi connectivity index (χ3v) is 5.94. The van der Waals surface area contributed by atoms with Crippen molar-refractivity contribution in [1.82, 2.24) is 10.2 Å². The molecule has 3 rings (SSSR count). The summed E-state index contributed by atoms with van der Waals surface area (Å²) >= 11 is 0. The van der Waals surface area contributed by atoms with E-state index in [1.165, 1.54) is 57.9 Å². The summed E-state index contributed by atoms with van der Waals surface area (Å²) < 4.78 is 0. The molecule has 3 aliphatic carbocycles. The van der Waals surface area contributed by atoms with Crippen LogP contribution in [0.25, 0.3) is 0 Å². The van der Waals surface area contributed by atoms with E-state index in [0.29, 0.717) is 5.54 Å². The van der Waals surface area contributed by atoms with Gasteiger partial charge in [-0.05, 0) is 70.4 Å². The van der Waals surface area contributed by atoms with Crippen molar-refractivity contribution < 1.29 is 0 Å². The zero-order valence-electron chi connectivity index (χ0n) is 13.1. The second kappa shape index (κ2) is 5.37. The fourth-order valence-corrected chi connectivity index (χ4v) is 4.29. The minimum absolute atomic E-state index is 0.430. The molecule has 0 aromatic heterocycles. The average Bonchev–Trinajstić information content (AvgIpc) is 3.24. The van der Waals surface area contributed by atoms with Crippen molar-refractivity contribution in [2.75, 3.05) is 20.6 Å². The van der Waals surface area contributed by atoms with Crippen molar-refractivity contribution in [3.8, 4) is 0 Å². The van der Waals surface area contributed by atoms with Gasteiger partial charge in [0.25, 0.3) is 0 Å². The van der Waals surface area contributed by atoms with E-state index in [0.717, 1.165) is 23.8 Å². The lowest BCUT2D eigenvalue weighted by atomic mass is 9.75. The van der Waals surface area contributed by atoms with E-state index in [4.69, 9.17) is 0 Å². The van der Waals surface area contributed by atoms with E-state index in [9.17, 15) is 0 Å². The maximum Gasteiger partial charge on any atom is 0.0330 e. The summed E-state index contributed by atoms with van der Waals surface area (Å²) in [5.74, 6) is 2.94. The van der Waals surface area contributed by atoms with Crippen LogP contribution < -0.4 is 5.32 Å². The third kappa shape index (κ3) is 3.16. The highest BCUT2D eigenvalue weighted by Crippen LogP contribution is 2.45. The highest BCUT2D eigenvalue weighted by atomic mass is 15.2. The van der Waals surface area contributed by atoms with Crippen molar-refractivity contribution in [3.63, 3.8) is 0 Å². The zero-order chi connectivity index (χ0) is 13.5. The summed E-state index contributed by atoms with van der Waals surface area (Å²) in [5.41, 5.74) is 0.430. The summed E-state index contributed by atoms with van der Waals surface area (Å²) in [5, 5.41) is 4.01. The molecular weight excluding hydrogens is 232 g/mol. The highest BCUT2D eigenvalue weighted by molar-refractivity contribution is 5.00. The minimum Gasteiger partial charge on any atom is -0.312 e. The lowest BCUT2D eigenvalue weighted by molar-refractivity contribution is 0.0704. The van der Waals surface area contributed by atoms with E-state index in [1.807, 2.05) is 0 Å². The molecule has 2 nitrogen and oxygen atoms in total. The minimum atomic E-state index is 0.430. The van der Waals surface area contributed by atoms with Crippen molar-refractivity contribution in [2.45, 2.75) is 69.9 Å². The molecule has 1 N–H and O–H groups in total. The Labute approximate surface area is 119 Å². The Balaban J connectivity index is 1.60. The maximum absolute atomic E-state index is 4.01. The first-order valence-corrected chi connectivity index (χ1v) is 8.51.